The number of benzene rings is 3. The van der Waals surface area contributed by atoms with Crippen LogP contribution in [0.2, 0.25) is 5.02 Å². The minimum Gasteiger partial charge on any atom is -0.375 e. The van der Waals surface area contributed by atoms with Gasteiger partial charge in [0, 0.05) is 30.4 Å². The average Bonchev–Trinajstić information content (AvgIpc) is 2.94. The van der Waals surface area contributed by atoms with Gasteiger partial charge in [0.15, 0.2) is 0 Å². The summed E-state index contributed by atoms with van der Waals surface area (Å²) in [7, 11) is 1.98. The van der Waals surface area contributed by atoms with Gasteiger partial charge >= 0.3 is 0 Å². The van der Waals surface area contributed by atoms with Crippen LogP contribution < -0.4 is 4.90 Å². The summed E-state index contributed by atoms with van der Waals surface area (Å²) in [6.07, 6.45) is 1.93. The summed E-state index contributed by atoms with van der Waals surface area (Å²) in [5, 5.41) is 0.608. The monoisotopic (exact) mass is 374 g/mol. The van der Waals surface area contributed by atoms with E-state index in [1.165, 1.54) is 5.56 Å². The number of carbonyl (C=O) groups is 1. The zero-order valence-corrected chi connectivity index (χ0v) is 15.7. The molecule has 0 aliphatic carbocycles. The van der Waals surface area contributed by atoms with E-state index in [1.54, 1.807) is 4.90 Å². The van der Waals surface area contributed by atoms with E-state index in [4.69, 9.17) is 11.6 Å². The van der Waals surface area contributed by atoms with Crippen molar-refractivity contribution in [3.8, 4) is 0 Å². The van der Waals surface area contributed by atoms with Gasteiger partial charge in [-0.1, -0.05) is 66.2 Å². The second-order valence-electron chi connectivity index (χ2n) is 6.58. The topological polar surface area (TPSA) is 23.6 Å². The van der Waals surface area contributed by atoms with Gasteiger partial charge in [0.2, 0.25) is 0 Å². The molecule has 1 aliphatic heterocycles. The molecule has 0 unspecified atom stereocenters. The molecule has 3 aromatic rings. The third kappa shape index (κ3) is 3.46. The van der Waals surface area contributed by atoms with E-state index in [0.717, 1.165) is 23.5 Å². The molecule has 134 valence electrons. The SMILES string of the molecule is CN(/C=C1\C(=O)N(c2cccc(Cl)c2)c2ccccc21)Cc1ccccc1. The second-order valence-corrected chi connectivity index (χ2v) is 7.02. The number of halogens is 1. The van der Waals surface area contributed by atoms with Gasteiger partial charge in [0.1, 0.15) is 0 Å². The molecule has 1 amide bonds. The fraction of sp³-hybridized carbons (Fsp3) is 0.0870. The number of fused-ring (bicyclic) bond motifs is 1. The molecule has 0 bridgehead atoms. The van der Waals surface area contributed by atoms with Gasteiger partial charge < -0.3 is 4.90 Å². The van der Waals surface area contributed by atoms with Crippen LogP contribution in [0.4, 0.5) is 11.4 Å². The summed E-state index contributed by atoms with van der Waals surface area (Å²) < 4.78 is 0. The lowest BCUT2D eigenvalue weighted by atomic mass is 10.1. The largest absolute Gasteiger partial charge is 0.375 e. The highest BCUT2D eigenvalue weighted by Crippen LogP contribution is 2.41. The highest BCUT2D eigenvalue weighted by molar-refractivity contribution is 6.35. The summed E-state index contributed by atoms with van der Waals surface area (Å²) in [4.78, 5) is 17.0. The highest BCUT2D eigenvalue weighted by Gasteiger charge is 2.33. The Morgan fingerprint density at radius 2 is 1.70 bits per heavy atom. The van der Waals surface area contributed by atoms with Crippen molar-refractivity contribution in [3.05, 3.63) is 101 Å². The molecule has 0 fully saturated rings. The molecule has 1 heterocycles. The van der Waals surface area contributed by atoms with E-state index < -0.39 is 0 Å². The summed E-state index contributed by atoms with van der Waals surface area (Å²) >= 11 is 6.15. The predicted molar refractivity (Wildman–Crippen MR) is 111 cm³/mol. The summed E-state index contributed by atoms with van der Waals surface area (Å²) in [5.74, 6) is -0.0432. The standard InChI is InChI=1S/C23H19ClN2O/c1-25(15-17-8-3-2-4-9-17)16-21-20-12-5-6-13-22(20)26(23(21)27)19-11-7-10-18(24)14-19/h2-14,16H,15H2,1H3/b21-16-. The third-order valence-electron chi connectivity index (χ3n) is 4.56. The van der Waals surface area contributed by atoms with E-state index in [2.05, 4.69) is 12.1 Å². The first-order chi connectivity index (χ1) is 13.1. The van der Waals surface area contributed by atoms with Crippen molar-refractivity contribution in [2.75, 3.05) is 11.9 Å². The number of amides is 1. The molecule has 0 saturated carbocycles. The zero-order chi connectivity index (χ0) is 18.8. The fourth-order valence-corrected chi connectivity index (χ4v) is 3.56. The lowest BCUT2D eigenvalue weighted by molar-refractivity contribution is -0.112. The molecular weight excluding hydrogens is 356 g/mol. The van der Waals surface area contributed by atoms with Crippen LogP contribution in [-0.4, -0.2) is 17.9 Å². The smallest absolute Gasteiger partial charge is 0.265 e. The minimum absolute atomic E-state index is 0.0432. The number of carbonyl (C=O) groups excluding carboxylic acids is 1. The number of para-hydroxylation sites is 1. The zero-order valence-electron chi connectivity index (χ0n) is 15.0. The van der Waals surface area contributed by atoms with Crippen LogP contribution in [0.3, 0.4) is 0 Å². The Morgan fingerprint density at radius 1 is 0.963 bits per heavy atom. The maximum atomic E-state index is 13.3. The molecule has 0 aromatic heterocycles. The Morgan fingerprint density at radius 3 is 2.48 bits per heavy atom. The van der Waals surface area contributed by atoms with Crippen LogP contribution in [0.5, 0.6) is 0 Å². The van der Waals surface area contributed by atoms with Crippen molar-refractivity contribution < 1.29 is 4.79 Å². The molecule has 0 N–H and O–H groups in total. The van der Waals surface area contributed by atoms with Crippen molar-refractivity contribution >= 4 is 34.5 Å². The molecule has 0 spiro atoms. The number of nitrogens with zero attached hydrogens (tertiary/aromatic N) is 2. The molecule has 1 aliphatic rings. The van der Waals surface area contributed by atoms with Gasteiger partial charge in [-0.2, -0.15) is 0 Å². The maximum absolute atomic E-state index is 13.3. The Hall–Kier alpha value is -3.04. The molecule has 3 nitrogen and oxygen atoms in total. The summed E-state index contributed by atoms with van der Waals surface area (Å²) in [5.41, 5.74) is 4.46. The van der Waals surface area contributed by atoms with Crippen molar-refractivity contribution in [1.82, 2.24) is 4.90 Å². The van der Waals surface area contributed by atoms with Crippen LogP contribution >= 0.6 is 11.6 Å². The van der Waals surface area contributed by atoms with Crippen LogP contribution in [0.15, 0.2) is 85.1 Å². The van der Waals surface area contributed by atoms with Crippen molar-refractivity contribution in [2.45, 2.75) is 6.54 Å². The number of anilines is 2. The van der Waals surface area contributed by atoms with Crippen molar-refractivity contribution in [2.24, 2.45) is 0 Å². The maximum Gasteiger partial charge on any atom is 0.265 e. The first-order valence-electron chi connectivity index (χ1n) is 8.79. The third-order valence-corrected chi connectivity index (χ3v) is 4.79. The van der Waals surface area contributed by atoms with Crippen LogP contribution in [0, 0.1) is 0 Å². The van der Waals surface area contributed by atoms with E-state index >= 15 is 0 Å². The van der Waals surface area contributed by atoms with E-state index in [1.807, 2.05) is 84.9 Å². The first-order valence-corrected chi connectivity index (χ1v) is 9.17. The van der Waals surface area contributed by atoms with Gasteiger partial charge in [-0.15, -0.1) is 0 Å². The lowest BCUT2D eigenvalue weighted by Gasteiger charge is -2.18. The fourth-order valence-electron chi connectivity index (χ4n) is 3.38. The molecule has 0 radical (unpaired) electrons. The first kappa shape index (κ1) is 17.4. The summed E-state index contributed by atoms with van der Waals surface area (Å²) in [6, 6.07) is 25.4. The highest BCUT2D eigenvalue weighted by atomic mass is 35.5. The number of rotatable bonds is 4. The molecule has 4 rings (SSSR count). The van der Waals surface area contributed by atoms with Crippen LogP contribution in [0.1, 0.15) is 11.1 Å². The van der Waals surface area contributed by atoms with Gasteiger partial charge in [0.25, 0.3) is 5.91 Å². The normalized spacial score (nSPS) is 14.5. The molecule has 4 heteroatoms. The van der Waals surface area contributed by atoms with E-state index in [0.29, 0.717) is 10.6 Å². The van der Waals surface area contributed by atoms with E-state index in [9.17, 15) is 4.79 Å². The Bertz CT molecular complexity index is 1010. The molecule has 27 heavy (non-hydrogen) atoms. The molecule has 3 aromatic carbocycles. The molecule has 0 saturated heterocycles. The van der Waals surface area contributed by atoms with Crippen molar-refractivity contribution in [1.29, 1.82) is 0 Å². The van der Waals surface area contributed by atoms with Gasteiger partial charge in [-0.3, -0.25) is 9.69 Å². The molecule has 0 atom stereocenters. The Kier molecular flexibility index (Phi) is 4.69. The lowest BCUT2D eigenvalue weighted by Crippen LogP contribution is -2.21. The number of hydrogen-bond donors (Lipinski definition) is 0. The predicted octanol–water partition coefficient (Wildman–Crippen LogP) is 5.49. The Balaban J connectivity index is 1.71. The van der Waals surface area contributed by atoms with Crippen molar-refractivity contribution in [3.63, 3.8) is 0 Å². The van der Waals surface area contributed by atoms with Crippen LogP contribution in [0.25, 0.3) is 5.57 Å². The second kappa shape index (κ2) is 7.29. The number of hydrogen-bond acceptors (Lipinski definition) is 2. The molecular formula is C23H19ClN2O. The Labute approximate surface area is 164 Å². The average molecular weight is 375 g/mol. The van der Waals surface area contributed by atoms with Crippen LogP contribution in [-0.2, 0) is 11.3 Å². The van der Waals surface area contributed by atoms with Gasteiger partial charge in [0.05, 0.1) is 16.9 Å². The summed E-state index contributed by atoms with van der Waals surface area (Å²) in [6.45, 7) is 0.733. The van der Waals surface area contributed by atoms with E-state index in [-0.39, 0.29) is 5.91 Å². The van der Waals surface area contributed by atoms with Gasteiger partial charge in [-0.05, 0) is 29.8 Å². The minimum atomic E-state index is -0.0432. The van der Waals surface area contributed by atoms with Gasteiger partial charge in [-0.25, -0.2) is 0 Å². The quantitative estimate of drug-likeness (QED) is 0.563.